The van der Waals surface area contributed by atoms with E-state index in [1.165, 1.54) is 0 Å². The highest BCUT2D eigenvalue weighted by atomic mass is 32.2. The SMILES string of the molecule is CC(C)(C)OC(=O)N1CCC(C(=O)Nc2ccccc2SC(F)F)CC1. The third kappa shape index (κ3) is 6.16. The maximum absolute atomic E-state index is 12.6. The quantitative estimate of drug-likeness (QED) is 0.769. The number of benzene rings is 1. The van der Waals surface area contributed by atoms with Crippen LogP contribution < -0.4 is 5.32 Å². The average Bonchev–Trinajstić information content (AvgIpc) is 2.54. The number of rotatable bonds is 4. The topological polar surface area (TPSA) is 58.6 Å². The lowest BCUT2D eigenvalue weighted by molar-refractivity contribution is -0.121. The highest BCUT2D eigenvalue weighted by Gasteiger charge is 2.30. The minimum Gasteiger partial charge on any atom is -0.444 e. The van der Waals surface area contributed by atoms with E-state index >= 15 is 0 Å². The predicted molar refractivity (Wildman–Crippen MR) is 97.5 cm³/mol. The zero-order valence-corrected chi connectivity index (χ0v) is 15.9. The maximum Gasteiger partial charge on any atom is 0.410 e. The van der Waals surface area contributed by atoms with Gasteiger partial charge in [0.1, 0.15) is 5.60 Å². The molecule has 0 bridgehead atoms. The van der Waals surface area contributed by atoms with Crippen molar-refractivity contribution in [2.75, 3.05) is 18.4 Å². The molecule has 1 saturated heterocycles. The molecule has 144 valence electrons. The number of likely N-dealkylation sites (tertiary alicyclic amines) is 1. The van der Waals surface area contributed by atoms with Gasteiger partial charge in [0, 0.05) is 23.9 Å². The second-order valence-electron chi connectivity index (χ2n) is 7.11. The minimum absolute atomic E-state index is 0.212. The van der Waals surface area contributed by atoms with Crippen LogP contribution in [0.4, 0.5) is 19.3 Å². The van der Waals surface area contributed by atoms with Gasteiger partial charge in [-0.15, -0.1) is 0 Å². The van der Waals surface area contributed by atoms with E-state index in [-0.39, 0.29) is 17.9 Å². The predicted octanol–water partition coefficient (Wildman–Crippen LogP) is 4.59. The van der Waals surface area contributed by atoms with Crippen LogP contribution in [-0.4, -0.2) is 41.3 Å². The smallest absolute Gasteiger partial charge is 0.410 e. The van der Waals surface area contributed by atoms with Crippen LogP contribution >= 0.6 is 11.8 Å². The number of nitrogens with one attached hydrogen (secondary N) is 1. The highest BCUT2D eigenvalue weighted by molar-refractivity contribution is 7.99. The fraction of sp³-hybridized carbons (Fsp3) is 0.556. The summed E-state index contributed by atoms with van der Waals surface area (Å²) in [7, 11) is 0. The van der Waals surface area contributed by atoms with Crippen molar-refractivity contribution in [3.63, 3.8) is 0 Å². The summed E-state index contributed by atoms with van der Waals surface area (Å²) in [6, 6.07) is 6.51. The Morgan fingerprint density at radius 2 is 1.85 bits per heavy atom. The molecule has 1 N–H and O–H groups in total. The number of nitrogens with zero attached hydrogens (tertiary/aromatic N) is 1. The van der Waals surface area contributed by atoms with Crippen molar-refractivity contribution >= 4 is 29.4 Å². The van der Waals surface area contributed by atoms with Gasteiger partial charge < -0.3 is 15.0 Å². The third-order valence-corrected chi connectivity index (χ3v) is 4.67. The summed E-state index contributed by atoms with van der Waals surface area (Å²) in [5, 5.41) is 2.74. The van der Waals surface area contributed by atoms with E-state index in [1.54, 1.807) is 49.9 Å². The van der Waals surface area contributed by atoms with Crippen molar-refractivity contribution in [3.05, 3.63) is 24.3 Å². The largest absolute Gasteiger partial charge is 0.444 e. The van der Waals surface area contributed by atoms with Crippen molar-refractivity contribution in [2.24, 2.45) is 5.92 Å². The van der Waals surface area contributed by atoms with Gasteiger partial charge in [-0.3, -0.25) is 4.79 Å². The van der Waals surface area contributed by atoms with E-state index in [0.717, 1.165) is 0 Å². The van der Waals surface area contributed by atoms with Crippen molar-refractivity contribution in [1.29, 1.82) is 0 Å². The Hall–Kier alpha value is -1.83. The molecule has 0 radical (unpaired) electrons. The van der Waals surface area contributed by atoms with Gasteiger partial charge in [0.15, 0.2) is 0 Å². The Morgan fingerprint density at radius 1 is 1.23 bits per heavy atom. The van der Waals surface area contributed by atoms with Crippen molar-refractivity contribution in [3.8, 4) is 0 Å². The first-order valence-electron chi connectivity index (χ1n) is 8.48. The Bertz CT molecular complexity index is 642. The van der Waals surface area contributed by atoms with E-state index in [4.69, 9.17) is 4.74 Å². The van der Waals surface area contributed by atoms with Gasteiger partial charge in [-0.05, 0) is 45.7 Å². The zero-order valence-electron chi connectivity index (χ0n) is 15.1. The fourth-order valence-electron chi connectivity index (χ4n) is 2.65. The first kappa shape index (κ1) is 20.5. The first-order valence-corrected chi connectivity index (χ1v) is 9.36. The molecule has 0 aliphatic carbocycles. The summed E-state index contributed by atoms with van der Waals surface area (Å²) >= 11 is 0.406. The summed E-state index contributed by atoms with van der Waals surface area (Å²) in [5.41, 5.74) is -0.172. The van der Waals surface area contributed by atoms with Crippen LogP contribution in [0.2, 0.25) is 0 Å². The lowest BCUT2D eigenvalue weighted by Gasteiger charge is -2.33. The maximum atomic E-state index is 12.6. The molecule has 1 fully saturated rings. The normalized spacial score (nSPS) is 15.8. The molecule has 2 amide bonds. The first-order chi connectivity index (χ1) is 12.2. The number of carbonyl (C=O) groups is 2. The highest BCUT2D eigenvalue weighted by Crippen LogP contribution is 2.32. The number of anilines is 1. The van der Waals surface area contributed by atoms with Crippen LogP contribution in [0.1, 0.15) is 33.6 Å². The molecule has 5 nitrogen and oxygen atoms in total. The fourth-order valence-corrected chi connectivity index (χ4v) is 3.25. The number of carbonyl (C=O) groups excluding carboxylic acids is 2. The summed E-state index contributed by atoms with van der Waals surface area (Å²) < 4.78 is 30.6. The van der Waals surface area contributed by atoms with Gasteiger partial charge in [0.05, 0.1) is 5.69 Å². The molecule has 0 saturated carbocycles. The van der Waals surface area contributed by atoms with Crippen molar-refractivity contribution in [1.82, 2.24) is 4.90 Å². The van der Waals surface area contributed by atoms with Crippen molar-refractivity contribution in [2.45, 2.75) is 49.9 Å². The second kappa shape index (κ2) is 8.70. The lowest BCUT2D eigenvalue weighted by Crippen LogP contribution is -2.43. The molecule has 1 heterocycles. The van der Waals surface area contributed by atoms with Gasteiger partial charge in [0.2, 0.25) is 5.91 Å². The molecular weight excluding hydrogens is 362 g/mol. The van der Waals surface area contributed by atoms with Crippen molar-refractivity contribution < 1.29 is 23.1 Å². The van der Waals surface area contributed by atoms with Gasteiger partial charge in [0.25, 0.3) is 5.76 Å². The number of thioether (sulfide) groups is 1. The summed E-state index contributed by atoms with van der Waals surface area (Å²) in [5.74, 6) is -3.03. The van der Waals surface area contributed by atoms with Crippen LogP contribution in [0, 0.1) is 5.92 Å². The van der Waals surface area contributed by atoms with E-state index in [0.29, 0.717) is 48.3 Å². The molecule has 26 heavy (non-hydrogen) atoms. The van der Waals surface area contributed by atoms with Gasteiger partial charge in [-0.1, -0.05) is 23.9 Å². The van der Waals surface area contributed by atoms with Crippen LogP contribution in [0.15, 0.2) is 29.2 Å². The second-order valence-corrected chi connectivity index (χ2v) is 8.14. The number of hydrogen-bond donors (Lipinski definition) is 1. The molecule has 8 heteroatoms. The molecule has 0 unspecified atom stereocenters. The summed E-state index contributed by atoms with van der Waals surface area (Å²) in [4.78, 5) is 26.5. The number of para-hydroxylation sites is 1. The standard InChI is InChI=1S/C18H24F2N2O3S/c1-18(2,3)25-17(24)22-10-8-12(9-11-22)15(23)21-13-6-4-5-7-14(13)26-16(19)20/h4-7,12,16H,8-11H2,1-3H3,(H,21,23). The van der Waals surface area contributed by atoms with Gasteiger partial charge >= 0.3 is 6.09 Å². The minimum atomic E-state index is -2.55. The van der Waals surface area contributed by atoms with E-state index in [9.17, 15) is 18.4 Å². The molecule has 0 spiro atoms. The van der Waals surface area contributed by atoms with Crippen LogP contribution in [0.25, 0.3) is 0 Å². The van der Waals surface area contributed by atoms with Gasteiger partial charge in [-0.2, -0.15) is 8.78 Å². The number of ether oxygens (including phenoxy) is 1. The summed E-state index contributed by atoms with van der Waals surface area (Å²) in [6.45, 7) is 6.28. The Kier molecular flexibility index (Phi) is 6.86. The molecule has 1 aromatic rings. The van der Waals surface area contributed by atoms with Gasteiger partial charge in [-0.25, -0.2) is 4.79 Å². The van der Waals surface area contributed by atoms with Crippen LogP contribution in [-0.2, 0) is 9.53 Å². The van der Waals surface area contributed by atoms with Crippen LogP contribution in [0.3, 0.4) is 0 Å². The van der Waals surface area contributed by atoms with Crippen LogP contribution in [0.5, 0.6) is 0 Å². The Morgan fingerprint density at radius 3 is 2.42 bits per heavy atom. The Labute approximate surface area is 156 Å². The summed E-state index contributed by atoms with van der Waals surface area (Å²) in [6.07, 6.45) is 0.639. The average molecular weight is 386 g/mol. The Balaban J connectivity index is 1.90. The number of amides is 2. The molecular formula is C18H24F2N2O3S. The zero-order chi connectivity index (χ0) is 19.3. The number of halogens is 2. The monoisotopic (exact) mass is 386 g/mol. The molecule has 2 rings (SSSR count). The number of piperidine rings is 1. The molecule has 0 aromatic heterocycles. The molecule has 0 atom stereocenters. The van der Waals surface area contributed by atoms with E-state index in [2.05, 4.69) is 5.32 Å². The van der Waals surface area contributed by atoms with E-state index in [1.807, 2.05) is 0 Å². The lowest BCUT2D eigenvalue weighted by atomic mass is 9.96. The molecule has 1 aliphatic rings. The molecule has 1 aromatic carbocycles. The number of alkyl halides is 2. The number of hydrogen-bond acceptors (Lipinski definition) is 4. The third-order valence-electron chi connectivity index (χ3n) is 3.88. The van der Waals surface area contributed by atoms with E-state index < -0.39 is 11.4 Å². The molecule has 1 aliphatic heterocycles.